The number of hydrogen-bond acceptors (Lipinski definition) is 5. The summed E-state index contributed by atoms with van der Waals surface area (Å²) in [5, 5.41) is 2.71. The minimum absolute atomic E-state index is 0.257. The first-order valence-electron chi connectivity index (χ1n) is 6.05. The second kappa shape index (κ2) is 6.38. The molecule has 0 aliphatic carbocycles. The van der Waals surface area contributed by atoms with E-state index in [1.807, 2.05) is 0 Å². The van der Waals surface area contributed by atoms with Crippen LogP contribution in [-0.4, -0.2) is 30.3 Å². The summed E-state index contributed by atoms with van der Waals surface area (Å²) < 4.78 is 10.2. The number of carbonyl (C=O) groups excluding carboxylic acids is 1. The third-order valence-corrected chi connectivity index (χ3v) is 2.30. The van der Waals surface area contributed by atoms with Gasteiger partial charge in [0.05, 0.1) is 13.2 Å². The van der Waals surface area contributed by atoms with Crippen molar-refractivity contribution in [3.63, 3.8) is 0 Å². The average Bonchev–Trinajstić information content (AvgIpc) is 2.34. The van der Waals surface area contributed by atoms with E-state index < -0.39 is 11.7 Å². The number of methoxy groups -OCH3 is 1. The average molecular weight is 267 g/mol. The fourth-order valence-electron chi connectivity index (χ4n) is 1.45. The number of alkyl carbamates (subject to hydrolysis) is 1. The first kappa shape index (κ1) is 15.2. The highest BCUT2D eigenvalue weighted by Gasteiger charge is 2.19. The molecule has 1 aromatic heterocycles. The van der Waals surface area contributed by atoms with Gasteiger partial charge in [-0.15, -0.1) is 0 Å². The van der Waals surface area contributed by atoms with Gasteiger partial charge < -0.3 is 20.5 Å². The number of carbonyl (C=O) groups is 1. The SMILES string of the molecule is COc1ccc(C(CN)NC(=O)OC(C)(C)C)cn1. The number of hydrogen-bond donors (Lipinski definition) is 2. The number of nitrogens with zero attached hydrogens (tertiary/aromatic N) is 1. The van der Waals surface area contributed by atoms with Crippen molar-refractivity contribution < 1.29 is 14.3 Å². The molecule has 1 rings (SSSR count). The van der Waals surface area contributed by atoms with Crippen molar-refractivity contribution in [2.75, 3.05) is 13.7 Å². The van der Waals surface area contributed by atoms with Gasteiger partial charge in [-0.25, -0.2) is 9.78 Å². The van der Waals surface area contributed by atoms with E-state index in [4.69, 9.17) is 15.2 Å². The molecule has 0 aliphatic heterocycles. The highest BCUT2D eigenvalue weighted by Crippen LogP contribution is 2.15. The first-order valence-corrected chi connectivity index (χ1v) is 6.05. The van der Waals surface area contributed by atoms with E-state index in [1.54, 1.807) is 46.2 Å². The summed E-state index contributed by atoms with van der Waals surface area (Å²) in [6.45, 7) is 5.67. The van der Waals surface area contributed by atoms with Gasteiger partial charge in [0.15, 0.2) is 0 Å². The number of ether oxygens (including phenoxy) is 2. The van der Waals surface area contributed by atoms with Gasteiger partial charge in [0, 0.05) is 18.8 Å². The summed E-state index contributed by atoms with van der Waals surface area (Å²) in [5.74, 6) is 0.511. The van der Waals surface area contributed by atoms with Gasteiger partial charge in [-0.1, -0.05) is 6.07 Å². The van der Waals surface area contributed by atoms with Gasteiger partial charge in [0.1, 0.15) is 5.60 Å². The molecule has 0 bridgehead atoms. The summed E-state index contributed by atoms with van der Waals surface area (Å²) in [6.07, 6.45) is 1.12. The molecule has 1 atom stereocenters. The standard InChI is InChI=1S/C13H21N3O3/c1-13(2,3)19-12(17)16-10(7-14)9-5-6-11(18-4)15-8-9/h5-6,8,10H,7,14H2,1-4H3,(H,16,17). The Hall–Kier alpha value is -1.82. The van der Waals surface area contributed by atoms with Crippen LogP contribution in [-0.2, 0) is 4.74 Å². The van der Waals surface area contributed by atoms with Gasteiger partial charge in [-0.05, 0) is 26.3 Å². The van der Waals surface area contributed by atoms with E-state index in [-0.39, 0.29) is 12.6 Å². The van der Waals surface area contributed by atoms with Crippen LogP contribution < -0.4 is 15.8 Å². The van der Waals surface area contributed by atoms with Crippen molar-refractivity contribution in [1.29, 1.82) is 0 Å². The molecule has 0 fully saturated rings. The second-order valence-electron chi connectivity index (χ2n) is 5.07. The Morgan fingerprint density at radius 2 is 2.16 bits per heavy atom. The molecule has 1 aromatic rings. The smallest absolute Gasteiger partial charge is 0.408 e. The summed E-state index contributed by atoms with van der Waals surface area (Å²) in [7, 11) is 1.54. The van der Waals surface area contributed by atoms with Crippen LogP contribution in [0.4, 0.5) is 4.79 Å². The Balaban J connectivity index is 2.69. The monoisotopic (exact) mass is 267 g/mol. The van der Waals surface area contributed by atoms with E-state index in [0.717, 1.165) is 5.56 Å². The summed E-state index contributed by atoms with van der Waals surface area (Å²) in [4.78, 5) is 15.8. The number of amides is 1. The van der Waals surface area contributed by atoms with Crippen LogP contribution in [0, 0.1) is 0 Å². The predicted molar refractivity (Wildman–Crippen MR) is 72.0 cm³/mol. The molecule has 1 amide bonds. The predicted octanol–water partition coefficient (Wildman–Crippen LogP) is 1.61. The largest absolute Gasteiger partial charge is 0.481 e. The van der Waals surface area contributed by atoms with E-state index in [1.165, 1.54) is 0 Å². The van der Waals surface area contributed by atoms with Gasteiger partial charge in [0.25, 0.3) is 0 Å². The number of nitrogens with two attached hydrogens (primary N) is 1. The van der Waals surface area contributed by atoms with Crippen LogP contribution in [0.5, 0.6) is 5.88 Å². The normalized spacial score (nSPS) is 12.7. The lowest BCUT2D eigenvalue weighted by Crippen LogP contribution is -2.37. The fourth-order valence-corrected chi connectivity index (χ4v) is 1.45. The Labute approximate surface area is 113 Å². The molecule has 1 heterocycles. The molecule has 3 N–H and O–H groups in total. The molecule has 0 aliphatic rings. The van der Waals surface area contributed by atoms with Gasteiger partial charge in [-0.2, -0.15) is 0 Å². The van der Waals surface area contributed by atoms with Crippen LogP contribution >= 0.6 is 0 Å². The molecule has 0 spiro atoms. The van der Waals surface area contributed by atoms with Gasteiger partial charge in [0.2, 0.25) is 5.88 Å². The molecular weight excluding hydrogens is 246 g/mol. The zero-order chi connectivity index (χ0) is 14.5. The lowest BCUT2D eigenvalue weighted by atomic mass is 10.1. The number of pyridine rings is 1. The molecule has 0 aromatic carbocycles. The molecule has 106 valence electrons. The Bertz CT molecular complexity index is 412. The second-order valence-corrected chi connectivity index (χ2v) is 5.07. The third kappa shape index (κ3) is 5.13. The lowest BCUT2D eigenvalue weighted by Gasteiger charge is -2.23. The number of rotatable bonds is 4. The van der Waals surface area contributed by atoms with Crippen molar-refractivity contribution in [2.24, 2.45) is 5.73 Å². The summed E-state index contributed by atoms with van der Waals surface area (Å²) in [6, 6.07) is 3.18. The van der Waals surface area contributed by atoms with Crippen LogP contribution in [0.2, 0.25) is 0 Å². The van der Waals surface area contributed by atoms with Crippen LogP contribution in [0.25, 0.3) is 0 Å². The first-order chi connectivity index (χ1) is 8.85. The minimum Gasteiger partial charge on any atom is -0.481 e. The maximum atomic E-state index is 11.7. The Morgan fingerprint density at radius 3 is 2.58 bits per heavy atom. The van der Waals surface area contributed by atoms with Crippen LogP contribution in [0.15, 0.2) is 18.3 Å². The summed E-state index contributed by atoms with van der Waals surface area (Å²) in [5.41, 5.74) is 5.92. The molecule has 6 heteroatoms. The molecule has 1 unspecified atom stereocenters. The molecule has 0 saturated carbocycles. The number of nitrogens with one attached hydrogen (secondary N) is 1. The zero-order valence-electron chi connectivity index (χ0n) is 11.8. The van der Waals surface area contributed by atoms with E-state index >= 15 is 0 Å². The molecule has 19 heavy (non-hydrogen) atoms. The van der Waals surface area contributed by atoms with E-state index in [9.17, 15) is 4.79 Å². The zero-order valence-corrected chi connectivity index (χ0v) is 11.8. The van der Waals surface area contributed by atoms with Crippen molar-refractivity contribution in [3.8, 4) is 5.88 Å². The molecule has 6 nitrogen and oxygen atoms in total. The third-order valence-electron chi connectivity index (χ3n) is 2.30. The van der Waals surface area contributed by atoms with E-state index in [2.05, 4.69) is 10.3 Å². The topological polar surface area (TPSA) is 86.5 Å². The van der Waals surface area contributed by atoms with E-state index in [0.29, 0.717) is 5.88 Å². The fraction of sp³-hybridized carbons (Fsp3) is 0.538. The van der Waals surface area contributed by atoms with Crippen molar-refractivity contribution in [1.82, 2.24) is 10.3 Å². The van der Waals surface area contributed by atoms with Crippen molar-refractivity contribution >= 4 is 6.09 Å². The molecular formula is C13H21N3O3. The van der Waals surface area contributed by atoms with Gasteiger partial charge >= 0.3 is 6.09 Å². The Morgan fingerprint density at radius 1 is 1.47 bits per heavy atom. The van der Waals surface area contributed by atoms with Crippen molar-refractivity contribution in [3.05, 3.63) is 23.9 Å². The quantitative estimate of drug-likeness (QED) is 0.865. The molecule has 0 radical (unpaired) electrons. The molecule has 0 saturated heterocycles. The maximum absolute atomic E-state index is 11.7. The number of aromatic nitrogens is 1. The maximum Gasteiger partial charge on any atom is 0.408 e. The van der Waals surface area contributed by atoms with Crippen LogP contribution in [0.3, 0.4) is 0 Å². The minimum atomic E-state index is -0.540. The lowest BCUT2D eigenvalue weighted by molar-refractivity contribution is 0.0505. The highest BCUT2D eigenvalue weighted by molar-refractivity contribution is 5.68. The van der Waals surface area contributed by atoms with Crippen LogP contribution in [0.1, 0.15) is 32.4 Å². The highest BCUT2D eigenvalue weighted by atomic mass is 16.6. The van der Waals surface area contributed by atoms with Gasteiger partial charge in [-0.3, -0.25) is 0 Å². The van der Waals surface area contributed by atoms with Crippen molar-refractivity contribution in [2.45, 2.75) is 32.4 Å². The Kier molecular flexibility index (Phi) is 5.11. The summed E-state index contributed by atoms with van der Waals surface area (Å²) >= 11 is 0.